The fraction of sp³-hybridized carbons (Fsp3) is 0.619. The molecule has 0 aromatic heterocycles. The Kier molecular flexibility index (Phi) is 7.76. The lowest BCUT2D eigenvalue weighted by Gasteiger charge is -2.22. The standard InChI is InChI=1S/C21H29ClN2O5S/c1-15(20(25)23-14-16-7-3-2-4-8-16)29-21(26)18-13-17(9-10-19(18)22)30(27,28)24-11-5-6-12-24/h9-10,13,15-16H,2-8,11-12,14H2,1H3,(H,23,25). The third-order valence-corrected chi connectivity index (χ3v) is 8.03. The first-order chi connectivity index (χ1) is 14.3. The molecule has 1 saturated heterocycles. The van der Waals surface area contributed by atoms with Gasteiger partial charge in [0.05, 0.1) is 15.5 Å². The third kappa shape index (κ3) is 5.53. The van der Waals surface area contributed by atoms with Crippen LogP contribution in [0, 0.1) is 5.92 Å². The number of carbonyl (C=O) groups is 2. The molecular formula is C21H29ClN2O5S. The monoisotopic (exact) mass is 456 g/mol. The van der Waals surface area contributed by atoms with Crippen LogP contribution in [0.25, 0.3) is 0 Å². The summed E-state index contributed by atoms with van der Waals surface area (Å²) in [4.78, 5) is 24.9. The Labute approximate surface area is 183 Å². The zero-order valence-electron chi connectivity index (χ0n) is 17.2. The Bertz CT molecular complexity index is 877. The predicted molar refractivity (Wildman–Crippen MR) is 114 cm³/mol. The molecule has 1 aromatic carbocycles. The number of benzene rings is 1. The van der Waals surface area contributed by atoms with Crippen molar-refractivity contribution in [1.82, 2.24) is 9.62 Å². The Morgan fingerprint density at radius 3 is 2.50 bits per heavy atom. The lowest BCUT2D eigenvalue weighted by atomic mass is 9.89. The normalized spacial score (nSPS) is 19.4. The lowest BCUT2D eigenvalue weighted by Crippen LogP contribution is -2.38. The highest BCUT2D eigenvalue weighted by atomic mass is 35.5. The highest BCUT2D eigenvalue weighted by Crippen LogP contribution is 2.26. The van der Waals surface area contributed by atoms with Gasteiger partial charge in [-0.2, -0.15) is 4.31 Å². The van der Waals surface area contributed by atoms with E-state index in [0.29, 0.717) is 25.6 Å². The van der Waals surface area contributed by atoms with Gasteiger partial charge in [0, 0.05) is 19.6 Å². The molecule has 1 N–H and O–H groups in total. The molecule has 2 aliphatic rings. The number of nitrogens with one attached hydrogen (secondary N) is 1. The number of sulfonamides is 1. The fourth-order valence-corrected chi connectivity index (χ4v) is 5.69. The number of halogens is 1. The van der Waals surface area contributed by atoms with Crippen molar-refractivity contribution in [3.05, 3.63) is 28.8 Å². The summed E-state index contributed by atoms with van der Waals surface area (Å²) in [5.41, 5.74) is -0.0659. The molecule has 3 rings (SSSR count). The number of hydrogen-bond donors (Lipinski definition) is 1. The Balaban J connectivity index is 1.63. The van der Waals surface area contributed by atoms with Gasteiger partial charge in [0.15, 0.2) is 6.10 Å². The van der Waals surface area contributed by atoms with Crippen molar-refractivity contribution in [2.24, 2.45) is 5.92 Å². The van der Waals surface area contributed by atoms with Crippen molar-refractivity contribution < 1.29 is 22.7 Å². The van der Waals surface area contributed by atoms with Gasteiger partial charge >= 0.3 is 5.97 Å². The smallest absolute Gasteiger partial charge is 0.340 e. The number of rotatable bonds is 7. The number of esters is 1. The minimum absolute atomic E-state index is 0.00449. The van der Waals surface area contributed by atoms with Crippen molar-refractivity contribution in [3.8, 4) is 0 Å². The van der Waals surface area contributed by atoms with Crippen LogP contribution in [0.15, 0.2) is 23.1 Å². The number of hydrogen-bond acceptors (Lipinski definition) is 5. The van der Waals surface area contributed by atoms with E-state index in [2.05, 4.69) is 5.32 Å². The molecular weight excluding hydrogens is 428 g/mol. The van der Waals surface area contributed by atoms with Gasteiger partial charge in [-0.15, -0.1) is 0 Å². The molecule has 1 aliphatic carbocycles. The highest BCUT2D eigenvalue weighted by Gasteiger charge is 2.29. The van der Waals surface area contributed by atoms with E-state index < -0.39 is 22.1 Å². The summed E-state index contributed by atoms with van der Waals surface area (Å²) in [6.07, 6.45) is 6.43. The van der Waals surface area contributed by atoms with Gasteiger partial charge < -0.3 is 10.1 Å². The Hall–Kier alpha value is -1.64. The van der Waals surface area contributed by atoms with Gasteiger partial charge in [0.25, 0.3) is 5.91 Å². The van der Waals surface area contributed by atoms with E-state index in [4.69, 9.17) is 16.3 Å². The van der Waals surface area contributed by atoms with Gasteiger partial charge in [-0.25, -0.2) is 13.2 Å². The molecule has 9 heteroatoms. The summed E-state index contributed by atoms with van der Waals surface area (Å²) in [5, 5.41) is 2.92. The molecule has 1 heterocycles. The van der Waals surface area contributed by atoms with E-state index in [9.17, 15) is 18.0 Å². The highest BCUT2D eigenvalue weighted by molar-refractivity contribution is 7.89. The summed E-state index contributed by atoms with van der Waals surface area (Å²) >= 11 is 6.12. The van der Waals surface area contributed by atoms with Crippen molar-refractivity contribution >= 4 is 33.5 Å². The van der Waals surface area contributed by atoms with Crippen molar-refractivity contribution in [2.75, 3.05) is 19.6 Å². The summed E-state index contributed by atoms with van der Waals surface area (Å²) in [6, 6.07) is 3.98. The van der Waals surface area contributed by atoms with Crippen LogP contribution in [0.4, 0.5) is 0 Å². The lowest BCUT2D eigenvalue weighted by molar-refractivity contribution is -0.129. The number of amides is 1. The summed E-state index contributed by atoms with van der Waals surface area (Å²) < 4.78 is 32.2. The zero-order chi connectivity index (χ0) is 21.7. The van der Waals surface area contributed by atoms with Crippen LogP contribution in [-0.2, 0) is 19.6 Å². The van der Waals surface area contributed by atoms with Crippen molar-refractivity contribution in [3.63, 3.8) is 0 Å². The second kappa shape index (κ2) is 10.1. The summed E-state index contributed by atoms with van der Waals surface area (Å²) in [5.74, 6) is -0.725. The predicted octanol–water partition coefficient (Wildman–Crippen LogP) is 3.37. The average molecular weight is 457 g/mol. The maximum Gasteiger partial charge on any atom is 0.340 e. The van der Waals surface area contributed by atoms with E-state index in [0.717, 1.165) is 25.7 Å². The Morgan fingerprint density at radius 1 is 1.17 bits per heavy atom. The quantitative estimate of drug-likeness (QED) is 0.635. The summed E-state index contributed by atoms with van der Waals surface area (Å²) in [6.45, 7) is 2.99. The molecule has 2 fully saturated rings. The maximum atomic E-state index is 12.8. The second-order valence-corrected chi connectivity index (χ2v) is 10.4. The van der Waals surface area contributed by atoms with E-state index in [1.54, 1.807) is 0 Å². The molecule has 1 aliphatic heterocycles. The van der Waals surface area contributed by atoms with E-state index in [1.165, 1.54) is 48.7 Å². The minimum Gasteiger partial charge on any atom is -0.449 e. The van der Waals surface area contributed by atoms with E-state index >= 15 is 0 Å². The zero-order valence-corrected chi connectivity index (χ0v) is 18.8. The number of carbonyl (C=O) groups excluding carboxylic acids is 2. The van der Waals surface area contributed by atoms with Crippen LogP contribution in [0.3, 0.4) is 0 Å². The topological polar surface area (TPSA) is 92.8 Å². The fourth-order valence-electron chi connectivity index (χ4n) is 3.96. The van der Waals surface area contributed by atoms with Gasteiger partial charge in [-0.3, -0.25) is 4.79 Å². The number of nitrogens with zero attached hydrogens (tertiary/aromatic N) is 1. The van der Waals surface area contributed by atoms with Gasteiger partial charge in [0.2, 0.25) is 10.0 Å². The molecule has 1 saturated carbocycles. The maximum absolute atomic E-state index is 12.8. The molecule has 0 bridgehead atoms. The van der Waals surface area contributed by atoms with Crippen LogP contribution in [0.2, 0.25) is 5.02 Å². The third-order valence-electron chi connectivity index (χ3n) is 5.80. The molecule has 30 heavy (non-hydrogen) atoms. The van der Waals surface area contributed by atoms with Crippen LogP contribution in [0.1, 0.15) is 62.2 Å². The SMILES string of the molecule is CC(OC(=O)c1cc(S(=O)(=O)N2CCCC2)ccc1Cl)C(=O)NCC1CCCCC1. The molecule has 166 valence electrons. The first-order valence-electron chi connectivity index (χ1n) is 10.6. The Morgan fingerprint density at radius 2 is 1.83 bits per heavy atom. The van der Waals surface area contributed by atoms with Crippen LogP contribution < -0.4 is 5.32 Å². The average Bonchev–Trinajstić information content (AvgIpc) is 3.28. The van der Waals surface area contributed by atoms with Crippen molar-refractivity contribution in [2.45, 2.75) is 62.9 Å². The molecule has 7 nitrogen and oxygen atoms in total. The van der Waals surface area contributed by atoms with E-state index in [1.807, 2.05) is 0 Å². The van der Waals surface area contributed by atoms with Crippen LogP contribution in [-0.4, -0.2) is 50.3 Å². The molecule has 1 atom stereocenters. The molecule has 0 radical (unpaired) electrons. The van der Waals surface area contributed by atoms with Crippen LogP contribution >= 0.6 is 11.6 Å². The minimum atomic E-state index is -3.69. The van der Waals surface area contributed by atoms with Crippen LogP contribution in [0.5, 0.6) is 0 Å². The largest absolute Gasteiger partial charge is 0.449 e. The second-order valence-electron chi connectivity index (χ2n) is 8.05. The van der Waals surface area contributed by atoms with E-state index in [-0.39, 0.29) is 21.4 Å². The number of ether oxygens (including phenoxy) is 1. The molecule has 0 spiro atoms. The molecule has 1 aromatic rings. The summed E-state index contributed by atoms with van der Waals surface area (Å²) in [7, 11) is -3.69. The van der Waals surface area contributed by atoms with Gasteiger partial charge in [-0.05, 0) is 56.7 Å². The molecule has 1 unspecified atom stereocenters. The van der Waals surface area contributed by atoms with Crippen molar-refractivity contribution in [1.29, 1.82) is 0 Å². The van der Waals surface area contributed by atoms with Gasteiger partial charge in [-0.1, -0.05) is 30.9 Å². The van der Waals surface area contributed by atoms with Gasteiger partial charge in [0.1, 0.15) is 0 Å². The first kappa shape index (κ1) is 23.0. The molecule has 1 amide bonds. The first-order valence-corrected chi connectivity index (χ1v) is 12.4.